The summed E-state index contributed by atoms with van der Waals surface area (Å²) in [6, 6.07) is 2.41. The number of nitriles is 1. The number of carbonyl (C=O) groups excluding carboxylic acids is 4. The van der Waals surface area contributed by atoms with Crippen LogP contribution < -0.4 is 10.2 Å². The first-order chi connectivity index (χ1) is 16.5. The molecule has 3 saturated heterocycles. The predicted molar refractivity (Wildman–Crippen MR) is 127 cm³/mol. The fourth-order valence-electron chi connectivity index (χ4n) is 5.41. The lowest BCUT2D eigenvalue weighted by Crippen LogP contribution is -2.63. The number of likely N-dealkylation sites (tertiary alicyclic amines) is 1. The molecular formula is C24H28ClN5O5. The summed E-state index contributed by atoms with van der Waals surface area (Å²) in [5.74, 6) is -1.18. The number of piperazine rings is 1. The summed E-state index contributed by atoms with van der Waals surface area (Å²) in [6.45, 7) is 7.32. The Bertz CT molecular complexity index is 1170. The molecule has 3 fully saturated rings. The molecule has 3 heterocycles. The smallest absolute Gasteiger partial charge is 0.332 e. The number of benzene rings is 1. The normalized spacial score (nSPS) is 25.3. The number of amides is 5. The third-order valence-corrected chi connectivity index (χ3v) is 8.31. The maximum absolute atomic E-state index is 13.5. The molecule has 5 amide bonds. The van der Waals surface area contributed by atoms with Crippen molar-refractivity contribution in [3.63, 3.8) is 0 Å². The molecule has 11 heteroatoms. The number of ether oxygens (including phenoxy) is 1. The average Bonchev–Trinajstić information content (AvgIpc) is 3.51. The fraction of sp³-hybridized carbons (Fsp3) is 0.542. The Morgan fingerprint density at radius 1 is 1.37 bits per heavy atom. The summed E-state index contributed by atoms with van der Waals surface area (Å²) >= 11 is 6.28. The first-order valence-electron chi connectivity index (χ1n) is 11.5. The van der Waals surface area contributed by atoms with Crippen LogP contribution in [0.5, 0.6) is 0 Å². The van der Waals surface area contributed by atoms with E-state index < -0.39 is 41.6 Å². The van der Waals surface area contributed by atoms with E-state index in [4.69, 9.17) is 16.3 Å². The zero-order valence-electron chi connectivity index (χ0n) is 20.3. The highest BCUT2D eigenvalue weighted by Crippen LogP contribution is 2.43. The van der Waals surface area contributed by atoms with E-state index in [0.29, 0.717) is 24.1 Å². The van der Waals surface area contributed by atoms with Crippen molar-refractivity contribution >= 4 is 41.2 Å². The third kappa shape index (κ3) is 3.52. The van der Waals surface area contributed by atoms with E-state index in [-0.39, 0.29) is 29.1 Å². The lowest BCUT2D eigenvalue weighted by molar-refractivity contribution is -0.149. The fourth-order valence-corrected chi connectivity index (χ4v) is 5.61. The molecule has 1 N–H and O–H groups in total. The van der Waals surface area contributed by atoms with Crippen LogP contribution in [0, 0.1) is 24.2 Å². The van der Waals surface area contributed by atoms with Crippen LogP contribution in [0.2, 0.25) is 5.02 Å². The van der Waals surface area contributed by atoms with Gasteiger partial charge < -0.3 is 19.9 Å². The van der Waals surface area contributed by atoms with Crippen LogP contribution in [0.1, 0.15) is 44.7 Å². The van der Waals surface area contributed by atoms with Crippen LogP contribution in [-0.2, 0) is 14.3 Å². The van der Waals surface area contributed by atoms with Crippen LogP contribution in [0.3, 0.4) is 0 Å². The maximum Gasteiger partial charge on any atom is 0.332 e. The quantitative estimate of drug-likeness (QED) is 0.489. The molecule has 0 spiro atoms. The summed E-state index contributed by atoms with van der Waals surface area (Å²) in [5, 5.41) is 12.2. The van der Waals surface area contributed by atoms with Crippen LogP contribution >= 0.6 is 11.6 Å². The second kappa shape index (κ2) is 8.72. The maximum atomic E-state index is 13.5. The van der Waals surface area contributed by atoms with Gasteiger partial charge in [-0.2, -0.15) is 5.26 Å². The van der Waals surface area contributed by atoms with Gasteiger partial charge in [0, 0.05) is 6.54 Å². The minimum atomic E-state index is -1.24. The van der Waals surface area contributed by atoms with Crippen LogP contribution in [0.4, 0.5) is 15.3 Å². The number of nitrogens with zero attached hydrogens (tertiary/aromatic N) is 4. The van der Waals surface area contributed by atoms with E-state index in [0.717, 1.165) is 4.90 Å². The average molecular weight is 502 g/mol. The SMILES string of the molecule is CC[C@H](C)[C@](C)(NC(=O)N1CC2CC1[C@@H]1C(=O)N(c3ccc(C#N)c(Cl)c3C)C(=O)N21)C(=O)OC. The molecule has 2 bridgehead atoms. The van der Waals surface area contributed by atoms with Gasteiger partial charge in [-0.3, -0.25) is 4.79 Å². The van der Waals surface area contributed by atoms with Crippen molar-refractivity contribution in [1.82, 2.24) is 15.1 Å². The Hall–Kier alpha value is -3.32. The predicted octanol–water partition coefficient (Wildman–Crippen LogP) is 2.80. The minimum absolute atomic E-state index is 0.189. The number of halogens is 1. The molecule has 1 aromatic carbocycles. The molecule has 186 valence electrons. The number of nitrogens with one attached hydrogen (secondary N) is 1. The number of imide groups is 1. The Balaban J connectivity index is 1.60. The number of carbonyl (C=O) groups is 4. The number of urea groups is 2. The zero-order chi connectivity index (χ0) is 25.8. The topological polar surface area (TPSA) is 123 Å². The van der Waals surface area contributed by atoms with Crippen molar-refractivity contribution in [2.75, 3.05) is 18.6 Å². The van der Waals surface area contributed by atoms with Gasteiger partial charge in [0.05, 0.1) is 35.5 Å². The summed E-state index contributed by atoms with van der Waals surface area (Å²) < 4.78 is 4.95. The van der Waals surface area contributed by atoms with Gasteiger partial charge in [0.2, 0.25) is 0 Å². The molecule has 35 heavy (non-hydrogen) atoms. The molecule has 1 aromatic rings. The molecule has 3 aliphatic heterocycles. The molecule has 0 aliphatic carbocycles. The standard InChI is InChI=1S/C24H28ClN5O5/c1-6-12(2)24(4,21(32)35-5)27-22(33)28-11-15-9-17(28)19-20(31)30(23(34)29(15)19)16-8-7-14(10-26)18(25)13(16)3/h7-8,12,15,17,19H,6,9,11H2,1-5H3,(H,27,33)/t12-,15?,17?,19+,24-/m0/s1. The molecule has 5 atom stereocenters. The second-order valence-corrected chi connectivity index (χ2v) is 9.91. The molecule has 10 nitrogen and oxygen atoms in total. The number of esters is 1. The Kier molecular flexibility index (Phi) is 6.18. The second-order valence-electron chi connectivity index (χ2n) is 9.53. The highest BCUT2D eigenvalue weighted by Gasteiger charge is 2.63. The molecule has 0 aromatic heterocycles. The summed E-state index contributed by atoms with van der Waals surface area (Å²) in [7, 11) is 1.28. The molecule has 4 rings (SSSR count). The van der Waals surface area contributed by atoms with Crippen molar-refractivity contribution in [3.05, 3.63) is 28.3 Å². The highest BCUT2D eigenvalue weighted by molar-refractivity contribution is 6.33. The largest absolute Gasteiger partial charge is 0.467 e. The van der Waals surface area contributed by atoms with E-state index in [2.05, 4.69) is 5.32 Å². The third-order valence-electron chi connectivity index (χ3n) is 7.82. The summed E-state index contributed by atoms with van der Waals surface area (Å²) in [4.78, 5) is 56.8. The monoisotopic (exact) mass is 501 g/mol. The van der Waals surface area contributed by atoms with E-state index in [1.54, 1.807) is 18.7 Å². The van der Waals surface area contributed by atoms with Crippen LogP contribution in [-0.4, -0.2) is 71.1 Å². The minimum Gasteiger partial charge on any atom is -0.467 e. The molecular weight excluding hydrogens is 474 g/mol. The highest BCUT2D eigenvalue weighted by atomic mass is 35.5. The number of fused-ring (bicyclic) bond motifs is 5. The summed E-state index contributed by atoms with van der Waals surface area (Å²) in [6.07, 6.45) is 1.12. The number of hydrogen-bond donors (Lipinski definition) is 1. The van der Waals surface area contributed by atoms with Gasteiger partial charge in [0.1, 0.15) is 17.6 Å². The first-order valence-corrected chi connectivity index (χ1v) is 11.9. The Labute approximate surface area is 208 Å². The first kappa shape index (κ1) is 24.8. The van der Waals surface area contributed by atoms with E-state index in [1.807, 2.05) is 19.9 Å². The number of anilines is 1. The summed E-state index contributed by atoms with van der Waals surface area (Å²) in [5.41, 5.74) is -0.202. The van der Waals surface area contributed by atoms with Gasteiger partial charge in [0.25, 0.3) is 5.91 Å². The van der Waals surface area contributed by atoms with Crippen molar-refractivity contribution < 1.29 is 23.9 Å². The Morgan fingerprint density at radius 3 is 2.66 bits per heavy atom. The Morgan fingerprint density at radius 2 is 2.06 bits per heavy atom. The van der Waals surface area contributed by atoms with Crippen molar-refractivity contribution in [2.45, 2.75) is 64.2 Å². The molecule has 0 radical (unpaired) electrons. The van der Waals surface area contributed by atoms with Gasteiger partial charge in [-0.1, -0.05) is 31.9 Å². The number of methoxy groups -OCH3 is 1. The zero-order valence-corrected chi connectivity index (χ0v) is 21.0. The van der Waals surface area contributed by atoms with Crippen LogP contribution in [0.15, 0.2) is 12.1 Å². The molecule has 2 unspecified atom stereocenters. The van der Waals surface area contributed by atoms with Crippen molar-refractivity contribution in [1.29, 1.82) is 5.26 Å². The van der Waals surface area contributed by atoms with Gasteiger partial charge >= 0.3 is 18.0 Å². The lowest BCUT2D eigenvalue weighted by Gasteiger charge is -2.39. The molecule has 3 aliphatic rings. The molecule has 0 saturated carbocycles. The van der Waals surface area contributed by atoms with Crippen molar-refractivity contribution in [2.24, 2.45) is 5.92 Å². The van der Waals surface area contributed by atoms with Gasteiger partial charge in [-0.25, -0.2) is 19.3 Å². The number of rotatable bonds is 5. The van der Waals surface area contributed by atoms with Crippen LogP contribution in [0.25, 0.3) is 0 Å². The van der Waals surface area contributed by atoms with Gasteiger partial charge in [-0.05, 0) is 43.9 Å². The van der Waals surface area contributed by atoms with E-state index >= 15 is 0 Å². The van der Waals surface area contributed by atoms with Gasteiger partial charge in [0.15, 0.2) is 0 Å². The number of hydrogen-bond acceptors (Lipinski definition) is 6. The van der Waals surface area contributed by atoms with E-state index in [9.17, 15) is 24.4 Å². The lowest BCUT2D eigenvalue weighted by atomic mass is 9.85. The van der Waals surface area contributed by atoms with Crippen molar-refractivity contribution in [3.8, 4) is 6.07 Å². The van der Waals surface area contributed by atoms with E-state index in [1.165, 1.54) is 24.1 Å². The van der Waals surface area contributed by atoms with Gasteiger partial charge in [-0.15, -0.1) is 0 Å².